The summed E-state index contributed by atoms with van der Waals surface area (Å²) in [4.78, 5) is 12.2. The molecule has 96 valence electrons. The molecule has 1 fully saturated rings. The minimum atomic E-state index is -0.313. The Hall–Kier alpha value is -1.62. The maximum atomic E-state index is 6.46. The van der Waals surface area contributed by atoms with Gasteiger partial charge in [0.1, 0.15) is 5.82 Å². The van der Waals surface area contributed by atoms with Crippen molar-refractivity contribution in [2.24, 2.45) is 5.73 Å². The zero-order valence-electron chi connectivity index (χ0n) is 10.6. The second-order valence-electron chi connectivity index (χ2n) is 5.03. The summed E-state index contributed by atoms with van der Waals surface area (Å²) in [5.74, 6) is 1.44. The number of pyridine rings is 1. The molecule has 1 aliphatic carbocycles. The highest BCUT2D eigenvalue weighted by Gasteiger charge is 2.32. The molecule has 2 heterocycles. The summed E-state index contributed by atoms with van der Waals surface area (Å²) in [6.45, 7) is 0. The Bertz CT molecular complexity index is 557. The van der Waals surface area contributed by atoms with E-state index in [1.807, 2.05) is 12.1 Å². The summed E-state index contributed by atoms with van der Waals surface area (Å²) in [5.41, 5.74) is 7.75. The Balaban J connectivity index is 2.02. The molecular formula is C13H18N4O. The van der Waals surface area contributed by atoms with E-state index < -0.39 is 0 Å². The lowest BCUT2D eigenvalue weighted by Gasteiger charge is -2.31. The van der Waals surface area contributed by atoms with Gasteiger partial charge in [0.25, 0.3) is 0 Å². The van der Waals surface area contributed by atoms with E-state index in [0.29, 0.717) is 11.5 Å². The summed E-state index contributed by atoms with van der Waals surface area (Å²) < 4.78 is 5.11. The number of fused-ring (bicyclic) bond motifs is 1. The Morgan fingerprint density at radius 1 is 1.22 bits per heavy atom. The first-order chi connectivity index (χ1) is 8.71. The van der Waals surface area contributed by atoms with Gasteiger partial charge in [-0.15, -0.1) is 0 Å². The summed E-state index contributed by atoms with van der Waals surface area (Å²) in [6, 6.07) is 3.76. The van der Waals surface area contributed by atoms with Gasteiger partial charge in [-0.3, -0.25) is 0 Å². The Morgan fingerprint density at radius 2 is 2.00 bits per heavy atom. The number of hydrogen-bond donors (Lipinski definition) is 2. The third-order valence-corrected chi connectivity index (χ3v) is 3.75. The molecule has 18 heavy (non-hydrogen) atoms. The van der Waals surface area contributed by atoms with Crippen molar-refractivity contribution in [3.8, 4) is 5.88 Å². The van der Waals surface area contributed by atoms with Crippen molar-refractivity contribution in [2.75, 3.05) is 7.11 Å². The molecular weight excluding hydrogens is 228 g/mol. The number of ether oxygens (including phenoxy) is 1. The van der Waals surface area contributed by atoms with E-state index >= 15 is 0 Å². The molecule has 0 saturated heterocycles. The van der Waals surface area contributed by atoms with Crippen LogP contribution in [-0.4, -0.2) is 22.1 Å². The first kappa shape index (κ1) is 11.5. The number of aromatic amines is 1. The Kier molecular flexibility index (Phi) is 2.70. The quantitative estimate of drug-likeness (QED) is 0.850. The van der Waals surface area contributed by atoms with Gasteiger partial charge in [-0.25, -0.2) is 4.98 Å². The molecule has 2 aromatic heterocycles. The van der Waals surface area contributed by atoms with Gasteiger partial charge in [0.15, 0.2) is 5.65 Å². The topological polar surface area (TPSA) is 76.8 Å². The predicted octanol–water partition coefficient (Wildman–Crippen LogP) is 2.08. The number of H-pyrrole nitrogens is 1. The largest absolute Gasteiger partial charge is 0.481 e. The predicted molar refractivity (Wildman–Crippen MR) is 69.4 cm³/mol. The molecule has 0 unspecified atom stereocenters. The Labute approximate surface area is 106 Å². The van der Waals surface area contributed by atoms with Gasteiger partial charge in [-0.05, 0) is 18.9 Å². The highest BCUT2D eigenvalue weighted by Crippen LogP contribution is 2.33. The maximum Gasteiger partial charge on any atom is 0.215 e. The van der Waals surface area contributed by atoms with E-state index in [1.54, 1.807) is 7.11 Å². The number of nitrogens with one attached hydrogen (secondary N) is 1. The van der Waals surface area contributed by atoms with E-state index in [1.165, 1.54) is 19.3 Å². The van der Waals surface area contributed by atoms with Gasteiger partial charge >= 0.3 is 0 Å². The molecule has 1 aliphatic rings. The van der Waals surface area contributed by atoms with Crippen LogP contribution < -0.4 is 10.5 Å². The standard InChI is InChI=1S/C13H18N4O/c1-18-10-6-5-9-11(16-10)17-12(15-9)13(14)7-3-2-4-8-13/h5-6H,2-4,7-8,14H2,1H3,(H,15,16,17). The van der Waals surface area contributed by atoms with E-state index in [4.69, 9.17) is 10.5 Å². The smallest absolute Gasteiger partial charge is 0.215 e. The van der Waals surface area contributed by atoms with Crippen LogP contribution in [0.3, 0.4) is 0 Å². The van der Waals surface area contributed by atoms with Crippen LogP contribution in [0.1, 0.15) is 37.9 Å². The molecule has 5 nitrogen and oxygen atoms in total. The van der Waals surface area contributed by atoms with Crippen molar-refractivity contribution >= 4 is 11.2 Å². The molecule has 3 rings (SSSR count). The maximum absolute atomic E-state index is 6.46. The molecule has 0 atom stereocenters. The van der Waals surface area contributed by atoms with E-state index in [0.717, 1.165) is 24.2 Å². The number of imidazole rings is 1. The van der Waals surface area contributed by atoms with E-state index in [9.17, 15) is 0 Å². The lowest BCUT2D eigenvalue weighted by molar-refractivity contribution is 0.289. The highest BCUT2D eigenvalue weighted by atomic mass is 16.5. The first-order valence-corrected chi connectivity index (χ1v) is 6.41. The van der Waals surface area contributed by atoms with Crippen LogP contribution in [-0.2, 0) is 5.54 Å². The number of hydrogen-bond acceptors (Lipinski definition) is 4. The number of nitrogens with zero attached hydrogens (tertiary/aromatic N) is 2. The summed E-state index contributed by atoms with van der Waals surface area (Å²) in [7, 11) is 1.60. The first-order valence-electron chi connectivity index (χ1n) is 6.41. The zero-order valence-corrected chi connectivity index (χ0v) is 10.6. The van der Waals surface area contributed by atoms with Crippen LogP contribution in [0, 0.1) is 0 Å². The third-order valence-electron chi connectivity index (χ3n) is 3.75. The Morgan fingerprint density at radius 3 is 2.72 bits per heavy atom. The fourth-order valence-corrected chi connectivity index (χ4v) is 2.64. The zero-order chi connectivity index (χ0) is 12.6. The van der Waals surface area contributed by atoms with Gasteiger partial charge in [0.2, 0.25) is 5.88 Å². The molecule has 0 radical (unpaired) electrons. The minimum absolute atomic E-state index is 0.313. The van der Waals surface area contributed by atoms with Crippen LogP contribution in [0.4, 0.5) is 0 Å². The minimum Gasteiger partial charge on any atom is -0.481 e. The fraction of sp³-hybridized carbons (Fsp3) is 0.538. The normalized spacial score (nSPS) is 19.0. The fourth-order valence-electron chi connectivity index (χ4n) is 2.64. The summed E-state index contributed by atoms with van der Waals surface area (Å²) in [5, 5.41) is 0. The molecule has 3 N–H and O–H groups in total. The average Bonchev–Trinajstić information content (AvgIpc) is 2.83. The molecule has 0 aliphatic heterocycles. The molecule has 0 bridgehead atoms. The second kappa shape index (κ2) is 4.24. The lowest BCUT2D eigenvalue weighted by Crippen LogP contribution is -2.39. The van der Waals surface area contributed by atoms with Crippen molar-refractivity contribution in [1.82, 2.24) is 15.0 Å². The van der Waals surface area contributed by atoms with Crippen molar-refractivity contribution in [3.63, 3.8) is 0 Å². The molecule has 5 heteroatoms. The summed E-state index contributed by atoms with van der Waals surface area (Å²) >= 11 is 0. The molecule has 0 aromatic carbocycles. The summed E-state index contributed by atoms with van der Waals surface area (Å²) in [6.07, 6.45) is 5.59. The number of aromatic nitrogens is 3. The third kappa shape index (κ3) is 1.84. The second-order valence-corrected chi connectivity index (χ2v) is 5.03. The van der Waals surface area contributed by atoms with Crippen molar-refractivity contribution < 1.29 is 4.74 Å². The number of nitrogens with two attached hydrogens (primary N) is 1. The molecule has 2 aromatic rings. The average molecular weight is 246 g/mol. The van der Waals surface area contributed by atoms with Crippen LogP contribution in [0.15, 0.2) is 12.1 Å². The van der Waals surface area contributed by atoms with Crippen molar-refractivity contribution in [3.05, 3.63) is 18.0 Å². The highest BCUT2D eigenvalue weighted by molar-refractivity contribution is 5.71. The monoisotopic (exact) mass is 246 g/mol. The van der Waals surface area contributed by atoms with Gasteiger partial charge < -0.3 is 15.5 Å². The van der Waals surface area contributed by atoms with Gasteiger partial charge in [-0.1, -0.05) is 19.3 Å². The van der Waals surface area contributed by atoms with E-state index in [2.05, 4.69) is 15.0 Å². The number of rotatable bonds is 2. The van der Waals surface area contributed by atoms with Gasteiger partial charge in [-0.2, -0.15) is 4.98 Å². The number of methoxy groups -OCH3 is 1. The lowest BCUT2D eigenvalue weighted by atomic mass is 9.82. The SMILES string of the molecule is COc1ccc2[nH]c(C3(N)CCCCC3)nc2n1. The van der Waals surface area contributed by atoms with Gasteiger partial charge in [0, 0.05) is 6.07 Å². The molecule has 0 amide bonds. The molecule has 1 saturated carbocycles. The van der Waals surface area contributed by atoms with Crippen LogP contribution in [0.5, 0.6) is 5.88 Å². The van der Waals surface area contributed by atoms with Crippen molar-refractivity contribution in [1.29, 1.82) is 0 Å². The van der Waals surface area contributed by atoms with Crippen molar-refractivity contribution in [2.45, 2.75) is 37.6 Å². The van der Waals surface area contributed by atoms with Crippen LogP contribution in [0.2, 0.25) is 0 Å². The van der Waals surface area contributed by atoms with E-state index in [-0.39, 0.29) is 5.54 Å². The van der Waals surface area contributed by atoms with Crippen LogP contribution >= 0.6 is 0 Å². The van der Waals surface area contributed by atoms with Gasteiger partial charge in [0.05, 0.1) is 18.2 Å². The molecule has 0 spiro atoms. The van der Waals surface area contributed by atoms with Crippen LogP contribution in [0.25, 0.3) is 11.2 Å².